The van der Waals surface area contributed by atoms with Gasteiger partial charge in [0.2, 0.25) is 5.79 Å². The summed E-state index contributed by atoms with van der Waals surface area (Å²) in [5.41, 5.74) is 5.57. The van der Waals surface area contributed by atoms with E-state index in [2.05, 4.69) is 0 Å². The topological polar surface area (TPSA) is 216 Å². The summed E-state index contributed by atoms with van der Waals surface area (Å²) >= 11 is 0. The fourth-order valence-corrected chi connectivity index (χ4v) is 3.04. The summed E-state index contributed by atoms with van der Waals surface area (Å²) in [6, 6.07) is -1.13. The third-order valence-electron chi connectivity index (χ3n) is 4.76. The minimum absolute atomic E-state index is 0.689. The summed E-state index contributed by atoms with van der Waals surface area (Å²) in [7, 11) is 0. The molecule has 2 aliphatic rings. The van der Waals surface area contributed by atoms with Gasteiger partial charge in [0.25, 0.3) is 0 Å². The van der Waals surface area contributed by atoms with Gasteiger partial charge in [0.15, 0.2) is 6.29 Å². The summed E-state index contributed by atoms with van der Waals surface area (Å²) in [5.74, 6) is -2.36. The van der Waals surface area contributed by atoms with E-state index in [0.29, 0.717) is 0 Å². The van der Waals surface area contributed by atoms with Crippen LogP contribution in [0.4, 0.5) is 0 Å². The van der Waals surface area contributed by atoms with Crippen LogP contribution in [0.15, 0.2) is 0 Å². The van der Waals surface area contributed by atoms with E-state index in [4.69, 9.17) is 19.9 Å². The van der Waals surface area contributed by atoms with Crippen molar-refractivity contribution in [3.05, 3.63) is 0 Å². The second kappa shape index (κ2) is 8.26. The zero-order valence-corrected chi connectivity index (χ0v) is 14.1. The molecule has 0 bridgehead atoms. The maximum absolute atomic E-state index is 10.3. The van der Waals surface area contributed by atoms with E-state index in [1.807, 2.05) is 0 Å². The van der Waals surface area contributed by atoms with Crippen molar-refractivity contribution in [3.8, 4) is 0 Å². The fraction of sp³-hybridized carbons (Fsp3) is 1.00. The van der Waals surface area contributed by atoms with Crippen LogP contribution in [-0.4, -0.2) is 121 Å². The predicted octanol–water partition coefficient (Wildman–Crippen LogP) is -5.68. The number of hydrogen-bond donors (Lipinski definition) is 9. The van der Waals surface area contributed by atoms with E-state index in [1.54, 1.807) is 0 Å². The zero-order valence-electron chi connectivity index (χ0n) is 14.1. The van der Waals surface area contributed by atoms with Gasteiger partial charge in [0.05, 0.1) is 19.3 Å². The third kappa shape index (κ3) is 3.73. The van der Waals surface area contributed by atoms with E-state index < -0.39 is 80.2 Å². The lowest BCUT2D eigenvalue weighted by Gasteiger charge is -2.50. The number of ether oxygens (including phenoxy) is 3. The van der Waals surface area contributed by atoms with Crippen molar-refractivity contribution in [2.45, 2.75) is 73.9 Å². The Morgan fingerprint density at radius 3 is 2.04 bits per heavy atom. The quantitative estimate of drug-likeness (QED) is 0.216. The first-order chi connectivity index (χ1) is 12.1. The predicted molar refractivity (Wildman–Crippen MR) is 81.2 cm³/mol. The van der Waals surface area contributed by atoms with Crippen molar-refractivity contribution in [2.75, 3.05) is 13.2 Å². The average Bonchev–Trinajstić information content (AvgIpc) is 2.61. The van der Waals surface area contributed by atoms with Gasteiger partial charge in [0, 0.05) is 0 Å². The summed E-state index contributed by atoms with van der Waals surface area (Å²) in [6.45, 7) is -0.116. The highest BCUT2D eigenvalue weighted by atomic mass is 16.7. The molecule has 0 spiro atoms. The molecule has 2 heterocycles. The van der Waals surface area contributed by atoms with Crippen LogP contribution in [0.25, 0.3) is 0 Å². The first-order valence-corrected chi connectivity index (χ1v) is 8.17. The smallest absolute Gasteiger partial charge is 0.210 e. The summed E-state index contributed by atoms with van der Waals surface area (Å²) in [4.78, 5) is 0. The van der Waals surface area contributed by atoms with Gasteiger partial charge in [0.1, 0.15) is 48.8 Å². The van der Waals surface area contributed by atoms with E-state index in [-0.39, 0.29) is 0 Å². The van der Waals surface area contributed by atoms with Crippen LogP contribution in [0.2, 0.25) is 0 Å². The molecule has 0 amide bonds. The van der Waals surface area contributed by atoms with Gasteiger partial charge in [-0.3, -0.25) is 0 Å². The molecule has 2 aliphatic heterocycles. The van der Waals surface area contributed by atoms with E-state index in [0.717, 1.165) is 0 Å². The van der Waals surface area contributed by atoms with Gasteiger partial charge >= 0.3 is 0 Å². The van der Waals surface area contributed by atoms with Crippen molar-refractivity contribution < 1.29 is 55.1 Å². The first-order valence-electron chi connectivity index (χ1n) is 8.17. The zero-order chi connectivity index (χ0) is 19.8. The molecule has 0 aliphatic carbocycles. The van der Waals surface area contributed by atoms with Crippen LogP contribution >= 0.6 is 0 Å². The molecular formula is C14H27NO11. The van der Waals surface area contributed by atoms with Crippen molar-refractivity contribution in [3.63, 3.8) is 0 Å². The molecule has 0 aromatic heterocycles. The Kier molecular flexibility index (Phi) is 6.93. The Bertz CT molecular complexity index is 464. The standard InChI is InChI=1S/C14H27NO11/c1-4(15)14(23)12(22)10(21)11(6(3-17)26-14)25-13-9(20)8(19)7(18)5(2-16)24-13/h4-13,16-23H,2-3,15H2,1H3/t4?,5-,6-,7?,8?,9?,10+,11-,12+,13?,14?/m1/s1. The monoisotopic (exact) mass is 385 g/mol. The molecule has 6 unspecified atom stereocenters. The minimum Gasteiger partial charge on any atom is -0.394 e. The highest BCUT2D eigenvalue weighted by Gasteiger charge is 2.57. The number of aliphatic hydroxyl groups excluding tert-OH is 7. The third-order valence-corrected chi connectivity index (χ3v) is 4.76. The Hall–Kier alpha value is -0.480. The molecule has 11 atom stereocenters. The van der Waals surface area contributed by atoms with Crippen LogP contribution in [0.3, 0.4) is 0 Å². The maximum atomic E-state index is 10.3. The summed E-state index contributed by atoms with van der Waals surface area (Å²) in [6.07, 6.45) is -14.5. The van der Waals surface area contributed by atoms with Crippen LogP contribution < -0.4 is 5.73 Å². The lowest BCUT2D eigenvalue weighted by molar-refractivity contribution is -0.386. The van der Waals surface area contributed by atoms with Gasteiger partial charge in [-0.1, -0.05) is 0 Å². The van der Waals surface area contributed by atoms with Gasteiger partial charge in [-0.2, -0.15) is 0 Å². The van der Waals surface area contributed by atoms with E-state index in [1.165, 1.54) is 6.92 Å². The highest BCUT2D eigenvalue weighted by Crippen LogP contribution is 2.33. The highest BCUT2D eigenvalue weighted by molar-refractivity contribution is 5.01. The number of rotatable bonds is 5. The van der Waals surface area contributed by atoms with Crippen LogP contribution in [0.5, 0.6) is 0 Å². The fourth-order valence-electron chi connectivity index (χ4n) is 3.04. The number of nitrogens with two attached hydrogens (primary N) is 1. The Labute approximate surface area is 149 Å². The molecule has 0 aromatic rings. The summed E-state index contributed by atoms with van der Waals surface area (Å²) in [5, 5.41) is 78.9. The molecule has 0 saturated carbocycles. The Morgan fingerprint density at radius 2 is 1.54 bits per heavy atom. The second-order valence-corrected chi connectivity index (χ2v) is 6.61. The molecule has 10 N–H and O–H groups in total. The Balaban J connectivity index is 2.19. The minimum atomic E-state index is -2.36. The van der Waals surface area contributed by atoms with Gasteiger partial charge < -0.3 is 60.8 Å². The SMILES string of the molecule is CC(N)C1(O)O[C@H](CO)[C@@H](OC2O[C@H](CO)C(O)C(O)C2O)[C@H](O)[C@@H]1O. The Morgan fingerprint density at radius 1 is 0.962 bits per heavy atom. The van der Waals surface area contributed by atoms with Crippen LogP contribution in [-0.2, 0) is 14.2 Å². The van der Waals surface area contributed by atoms with E-state index in [9.17, 15) is 40.9 Å². The van der Waals surface area contributed by atoms with Gasteiger partial charge in [-0.25, -0.2) is 0 Å². The molecule has 2 fully saturated rings. The van der Waals surface area contributed by atoms with Crippen molar-refractivity contribution >= 4 is 0 Å². The molecule has 12 heteroatoms. The number of hydrogen-bond acceptors (Lipinski definition) is 12. The van der Waals surface area contributed by atoms with Crippen molar-refractivity contribution in [2.24, 2.45) is 5.73 Å². The average molecular weight is 385 g/mol. The molecule has 0 aromatic carbocycles. The van der Waals surface area contributed by atoms with Gasteiger partial charge in [-0.05, 0) is 6.92 Å². The lowest BCUT2D eigenvalue weighted by Crippen LogP contribution is -2.71. The molecule has 26 heavy (non-hydrogen) atoms. The summed E-state index contributed by atoms with van der Waals surface area (Å²) < 4.78 is 15.7. The molecule has 154 valence electrons. The van der Waals surface area contributed by atoms with Crippen LogP contribution in [0, 0.1) is 0 Å². The number of aliphatic hydroxyl groups is 8. The van der Waals surface area contributed by atoms with Crippen molar-refractivity contribution in [1.29, 1.82) is 0 Å². The largest absolute Gasteiger partial charge is 0.394 e. The first kappa shape index (κ1) is 21.8. The molecular weight excluding hydrogens is 358 g/mol. The second-order valence-electron chi connectivity index (χ2n) is 6.61. The normalized spacial score (nSPS) is 51.2. The molecule has 2 saturated heterocycles. The molecule has 2 rings (SSSR count). The molecule has 0 radical (unpaired) electrons. The lowest BCUT2D eigenvalue weighted by atomic mass is 9.89. The van der Waals surface area contributed by atoms with Crippen molar-refractivity contribution in [1.82, 2.24) is 0 Å². The maximum Gasteiger partial charge on any atom is 0.210 e. The molecule has 12 nitrogen and oxygen atoms in total. The van der Waals surface area contributed by atoms with Crippen LogP contribution in [0.1, 0.15) is 6.92 Å². The van der Waals surface area contributed by atoms with Gasteiger partial charge in [-0.15, -0.1) is 0 Å². The van der Waals surface area contributed by atoms with E-state index >= 15 is 0 Å².